The van der Waals surface area contributed by atoms with E-state index in [0.29, 0.717) is 11.7 Å². The van der Waals surface area contributed by atoms with Crippen molar-refractivity contribution in [3.63, 3.8) is 0 Å². The number of aromatic nitrogens is 2. The van der Waals surface area contributed by atoms with E-state index in [4.69, 9.17) is 21.8 Å². The number of furan rings is 1. The van der Waals surface area contributed by atoms with E-state index in [-0.39, 0.29) is 0 Å². The molecule has 0 aliphatic heterocycles. The predicted molar refractivity (Wildman–Crippen MR) is 71.3 cm³/mol. The van der Waals surface area contributed by atoms with Crippen LogP contribution in [0.25, 0.3) is 22.2 Å². The highest BCUT2D eigenvalue weighted by molar-refractivity contribution is 6.32. The lowest BCUT2D eigenvalue weighted by Gasteiger charge is -2.03. The van der Waals surface area contributed by atoms with E-state index in [2.05, 4.69) is 4.98 Å². The van der Waals surface area contributed by atoms with Crippen LogP contribution in [0.5, 0.6) is 0 Å². The van der Waals surface area contributed by atoms with E-state index in [1.807, 2.05) is 35.9 Å². The summed E-state index contributed by atoms with van der Waals surface area (Å²) in [6, 6.07) is 7.83. The Morgan fingerprint density at radius 2 is 2.17 bits per heavy atom. The zero-order valence-corrected chi connectivity index (χ0v) is 10.6. The van der Waals surface area contributed by atoms with Gasteiger partial charge in [0.15, 0.2) is 5.15 Å². The molecule has 2 heterocycles. The number of fused-ring (bicyclic) bond motifs is 1. The summed E-state index contributed by atoms with van der Waals surface area (Å²) in [6.45, 7) is 0.353. The summed E-state index contributed by atoms with van der Waals surface area (Å²) in [5, 5.41) is 1.47. The molecule has 0 spiro atoms. The van der Waals surface area contributed by atoms with E-state index in [9.17, 15) is 0 Å². The molecule has 0 atom stereocenters. The third-order valence-corrected chi connectivity index (χ3v) is 3.33. The number of hydrogen-bond acceptors (Lipinski definition) is 3. The molecule has 3 aromatic rings. The fourth-order valence-corrected chi connectivity index (χ4v) is 2.47. The SMILES string of the molecule is Cn1c(CN)nc(Cl)c1-c1coc2ccccc12. The minimum atomic E-state index is 0.353. The van der Waals surface area contributed by atoms with Gasteiger partial charge in [0.1, 0.15) is 17.7 Å². The van der Waals surface area contributed by atoms with Crippen LogP contribution < -0.4 is 5.73 Å². The molecule has 2 N–H and O–H groups in total. The largest absolute Gasteiger partial charge is 0.464 e. The quantitative estimate of drug-likeness (QED) is 0.772. The summed E-state index contributed by atoms with van der Waals surface area (Å²) < 4.78 is 7.43. The number of para-hydroxylation sites is 1. The van der Waals surface area contributed by atoms with Crippen molar-refractivity contribution in [3.8, 4) is 11.3 Å². The van der Waals surface area contributed by atoms with Crippen LogP contribution in [-0.4, -0.2) is 9.55 Å². The Bertz CT molecular complexity index is 714. The zero-order chi connectivity index (χ0) is 12.7. The fourth-order valence-electron chi connectivity index (χ4n) is 2.14. The molecular formula is C13H12ClN3O. The smallest absolute Gasteiger partial charge is 0.155 e. The minimum absolute atomic E-state index is 0.353. The van der Waals surface area contributed by atoms with Gasteiger partial charge in [-0.15, -0.1) is 0 Å². The Morgan fingerprint density at radius 1 is 1.39 bits per heavy atom. The van der Waals surface area contributed by atoms with Gasteiger partial charge in [-0.1, -0.05) is 29.8 Å². The summed E-state index contributed by atoms with van der Waals surface area (Å²) in [5.74, 6) is 0.750. The Hall–Kier alpha value is -1.78. The Labute approximate surface area is 109 Å². The lowest BCUT2D eigenvalue weighted by atomic mass is 10.1. The maximum absolute atomic E-state index is 6.19. The number of benzene rings is 1. The number of halogens is 1. The van der Waals surface area contributed by atoms with Crippen LogP contribution in [0.2, 0.25) is 5.15 Å². The lowest BCUT2D eigenvalue weighted by Crippen LogP contribution is -2.05. The normalized spacial score (nSPS) is 11.3. The van der Waals surface area contributed by atoms with Gasteiger partial charge in [-0.2, -0.15) is 0 Å². The van der Waals surface area contributed by atoms with E-state index in [1.165, 1.54) is 0 Å². The second-order valence-electron chi connectivity index (χ2n) is 4.08. The monoisotopic (exact) mass is 261 g/mol. The molecule has 4 nitrogen and oxygen atoms in total. The van der Waals surface area contributed by atoms with Gasteiger partial charge in [0.2, 0.25) is 0 Å². The Morgan fingerprint density at radius 3 is 2.89 bits per heavy atom. The summed E-state index contributed by atoms with van der Waals surface area (Å²) in [5.41, 5.74) is 8.24. The number of nitrogens with two attached hydrogens (primary N) is 1. The van der Waals surface area contributed by atoms with E-state index >= 15 is 0 Å². The van der Waals surface area contributed by atoms with Gasteiger partial charge in [0, 0.05) is 18.0 Å². The van der Waals surface area contributed by atoms with Gasteiger partial charge in [0.05, 0.1) is 12.2 Å². The molecule has 0 aliphatic carbocycles. The van der Waals surface area contributed by atoms with Crippen LogP contribution >= 0.6 is 11.6 Å². The van der Waals surface area contributed by atoms with Crippen LogP contribution in [0.3, 0.4) is 0 Å². The molecular weight excluding hydrogens is 250 g/mol. The second kappa shape index (κ2) is 4.15. The maximum atomic E-state index is 6.19. The molecule has 92 valence electrons. The number of imidazole rings is 1. The molecule has 18 heavy (non-hydrogen) atoms. The molecule has 0 radical (unpaired) electrons. The number of rotatable bonds is 2. The van der Waals surface area contributed by atoms with Gasteiger partial charge in [-0.25, -0.2) is 4.98 Å². The molecule has 0 saturated carbocycles. The van der Waals surface area contributed by atoms with Crippen molar-refractivity contribution in [1.29, 1.82) is 0 Å². The average Bonchev–Trinajstić information content (AvgIpc) is 2.91. The van der Waals surface area contributed by atoms with Gasteiger partial charge >= 0.3 is 0 Å². The van der Waals surface area contributed by atoms with Gasteiger partial charge in [0.25, 0.3) is 0 Å². The average molecular weight is 262 g/mol. The van der Waals surface area contributed by atoms with Crippen LogP contribution in [-0.2, 0) is 13.6 Å². The topological polar surface area (TPSA) is 57.0 Å². The molecule has 0 amide bonds. The Balaban J connectivity index is 2.29. The van der Waals surface area contributed by atoms with E-state index in [1.54, 1.807) is 6.26 Å². The van der Waals surface area contributed by atoms with Crippen molar-refractivity contribution in [1.82, 2.24) is 9.55 Å². The predicted octanol–water partition coefficient (Wildman–Crippen LogP) is 2.95. The van der Waals surface area contributed by atoms with E-state index in [0.717, 1.165) is 28.1 Å². The van der Waals surface area contributed by atoms with Crippen molar-refractivity contribution in [2.45, 2.75) is 6.54 Å². The van der Waals surface area contributed by atoms with Crippen LogP contribution in [0, 0.1) is 0 Å². The molecule has 0 unspecified atom stereocenters. The minimum Gasteiger partial charge on any atom is -0.464 e. The molecule has 0 saturated heterocycles. The van der Waals surface area contributed by atoms with Crippen molar-refractivity contribution in [3.05, 3.63) is 41.5 Å². The standard InChI is InChI=1S/C13H12ClN3O/c1-17-11(6-15)16-13(14)12(17)9-7-18-10-5-3-2-4-8(9)10/h2-5,7H,6,15H2,1H3. The first-order valence-corrected chi connectivity index (χ1v) is 5.98. The molecule has 2 aromatic heterocycles. The van der Waals surface area contributed by atoms with Crippen LogP contribution in [0.4, 0.5) is 0 Å². The van der Waals surface area contributed by atoms with Crippen molar-refractivity contribution < 1.29 is 4.42 Å². The highest BCUT2D eigenvalue weighted by Gasteiger charge is 2.17. The third-order valence-electron chi connectivity index (χ3n) is 3.06. The molecule has 5 heteroatoms. The maximum Gasteiger partial charge on any atom is 0.155 e. The van der Waals surface area contributed by atoms with E-state index < -0.39 is 0 Å². The van der Waals surface area contributed by atoms with Gasteiger partial charge in [-0.3, -0.25) is 0 Å². The van der Waals surface area contributed by atoms with Gasteiger partial charge < -0.3 is 14.7 Å². The molecule has 1 aromatic carbocycles. The molecule has 3 rings (SSSR count). The van der Waals surface area contributed by atoms with Crippen molar-refractivity contribution in [2.75, 3.05) is 0 Å². The summed E-state index contributed by atoms with van der Waals surface area (Å²) >= 11 is 6.19. The van der Waals surface area contributed by atoms with Crippen molar-refractivity contribution in [2.24, 2.45) is 12.8 Å². The summed E-state index contributed by atoms with van der Waals surface area (Å²) in [4.78, 5) is 4.25. The third kappa shape index (κ3) is 1.54. The second-order valence-corrected chi connectivity index (χ2v) is 4.43. The highest BCUT2D eigenvalue weighted by Crippen LogP contribution is 2.34. The first-order chi connectivity index (χ1) is 8.72. The highest BCUT2D eigenvalue weighted by atomic mass is 35.5. The molecule has 0 fully saturated rings. The first-order valence-electron chi connectivity index (χ1n) is 5.60. The summed E-state index contributed by atoms with van der Waals surface area (Å²) in [7, 11) is 1.90. The van der Waals surface area contributed by atoms with Crippen LogP contribution in [0.15, 0.2) is 34.9 Å². The Kier molecular flexibility index (Phi) is 2.61. The zero-order valence-electron chi connectivity index (χ0n) is 9.85. The lowest BCUT2D eigenvalue weighted by molar-refractivity contribution is 0.616. The fraction of sp³-hybridized carbons (Fsp3) is 0.154. The summed E-state index contributed by atoms with van der Waals surface area (Å²) in [6.07, 6.45) is 1.70. The molecule has 0 aliphatic rings. The number of nitrogens with zero attached hydrogens (tertiary/aromatic N) is 2. The number of hydrogen-bond donors (Lipinski definition) is 1. The first kappa shape index (κ1) is 11.3. The van der Waals surface area contributed by atoms with Crippen LogP contribution in [0.1, 0.15) is 5.82 Å². The van der Waals surface area contributed by atoms with Gasteiger partial charge in [-0.05, 0) is 6.07 Å². The van der Waals surface area contributed by atoms with Crippen molar-refractivity contribution >= 4 is 22.6 Å². The molecule has 0 bridgehead atoms.